The lowest BCUT2D eigenvalue weighted by atomic mass is 10.2. The van der Waals surface area contributed by atoms with Crippen molar-refractivity contribution in [1.82, 2.24) is 9.71 Å². The molecule has 1 rings (SSSR count). The first-order valence-electron chi connectivity index (χ1n) is 6.56. The Balaban J connectivity index is 3.12. The van der Waals surface area contributed by atoms with Crippen molar-refractivity contribution in [3.05, 3.63) is 18.3 Å². The van der Waals surface area contributed by atoms with Gasteiger partial charge in [0.05, 0.1) is 5.92 Å². The van der Waals surface area contributed by atoms with Crippen molar-refractivity contribution < 1.29 is 18.3 Å². The number of nitrogens with zero attached hydrogens (tertiary/aromatic N) is 2. The number of hydrogen-bond acceptors (Lipinski definition) is 5. The minimum absolute atomic E-state index is 0.0405. The van der Waals surface area contributed by atoms with E-state index in [1.807, 2.05) is 0 Å². The molecule has 0 aliphatic rings. The summed E-state index contributed by atoms with van der Waals surface area (Å²) >= 11 is 0. The highest BCUT2D eigenvalue weighted by molar-refractivity contribution is 7.89. The number of aromatic nitrogens is 1. The number of rotatable bonds is 7. The molecule has 118 valence electrons. The summed E-state index contributed by atoms with van der Waals surface area (Å²) < 4.78 is 27.1. The summed E-state index contributed by atoms with van der Waals surface area (Å²) in [5.41, 5.74) is 0. The molecule has 7 nitrogen and oxygen atoms in total. The highest BCUT2D eigenvalue weighted by atomic mass is 32.2. The molecule has 0 aliphatic carbocycles. The molecular formula is C13H21N3O4S. The second-order valence-corrected chi connectivity index (χ2v) is 6.90. The quantitative estimate of drug-likeness (QED) is 0.776. The molecule has 0 aromatic carbocycles. The number of carboxylic acids is 1. The molecule has 1 atom stereocenters. The van der Waals surface area contributed by atoms with Crippen LogP contribution in [-0.4, -0.2) is 44.1 Å². The molecule has 0 fully saturated rings. The minimum atomic E-state index is -3.69. The molecule has 1 aromatic heterocycles. The van der Waals surface area contributed by atoms with Crippen molar-refractivity contribution in [2.24, 2.45) is 5.92 Å². The topological polar surface area (TPSA) is 99.6 Å². The maximum atomic E-state index is 12.3. The Hall–Kier alpha value is -1.67. The predicted molar refractivity (Wildman–Crippen MR) is 79.8 cm³/mol. The molecule has 0 radical (unpaired) electrons. The number of carboxylic acid groups (broad SMARTS) is 1. The van der Waals surface area contributed by atoms with E-state index in [2.05, 4.69) is 9.71 Å². The van der Waals surface area contributed by atoms with Gasteiger partial charge in [-0.1, -0.05) is 6.92 Å². The smallest absolute Gasteiger partial charge is 0.308 e. The molecule has 0 bridgehead atoms. The second kappa shape index (κ2) is 6.86. The van der Waals surface area contributed by atoms with Crippen LogP contribution in [0.5, 0.6) is 0 Å². The summed E-state index contributed by atoms with van der Waals surface area (Å²) in [7, 11) is -2.07. The molecule has 0 saturated carbocycles. The molecular weight excluding hydrogens is 294 g/mol. The van der Waals surface area contributed by atoms with Gasteiger partial charge in [-0.05, 0) is 26.0 Å². The first-order chi connectivity index (χ1) is 9.65. The van der Waals surface area contributed by atoms with E-state index in [1.165, 1.54) is 23.2 Å². The molecule has 0 spiro atoms. The average Bonchev–Trinajstić information content (AvgIpc) is 2.37. The predicted octanol–water partition coefficient (Wildman–Crippen LogP) is 0.925. The number of sulfonamides is 1. The van der Waals surface area contributed by atoms with Gasteiger partial charge in [-0.3, -0.25) is 4.79 Å². The fraction of sp³-hybridized carbons (Fsp3) is 0.538. The zero-order chi connectivity index (χ0) is 16.2. The Morgan fingerprint density at radius 2 is 2.05 bits per heavy atom. The highest BCUT2D eigenvalue weighted by Crippen LogP contribution is 2.22. The van der Waals surface area contributed by atoms with Gasteiger partial charge >= 0.3 is 5.97 Å². The van der Waals surface area contributed by atoms with E-state index in [9.17, 15) is 13.2 Å². The van der Waals surface area contributed by atoms with Crippen LogP contribution in [0, 0.1) is 5.92 Å². The maximum Gasteiger partial charge on any atom is 0.308 e. The van der Waals surface area contributed by atoms with E-state index < -0.39 is 21.9 Å². The van der Waals surface area contributed by atoms with Crippen molar-refractivity contribution >= 4 is 21.8 Å². The SMILES string of the molecule is CC(C)NS(=O)(=O)c1cccnc1N(C)CC(C)C(=O)O. The summed E-state index contributed by atoms with van der Waals surface area (Å²) in [6.45, 7) is 5.17. The number of nitrogens with one attached hydrogen (secondary N) is 1. The van der Waals surface area contributed by atoms with Gasteiger partial charge < -0.3 is 10.0 Å². The van der Waals surface area contributed by atoms with Crippen LogP contribution in [0.3, 0.4) is 0 Å². The van der Waals surface area contributed by atoms with Gasteiger partial charge in [0.25, 0.3) is 0 Å². The van der Waals surface area contributed by atoms with Crippen molar-refractivity contribution in [3.8, 4) is 0 Å². The van der Waals surface area contributed by atoms with Crippen LogP contribution in [0.15, 0.2) is 23.2 Å². The molecule has 1 aromatic rings. The first kappa shape index (κ1) is 17.4. The summed E-state index contributed by atoms with van der Waals surface area (Å²) in [5.74, 6) is -1.34. The van der Waals surface area contributed by atoms with Crippen molar-refractivity contribution in [1.29, 1.82) is 0 Å². The monoisotopic (exact) mass is 315 g/mol. The highest BCUT2D eigenvalue weighted by Gasteiger charge is 2.24. The standard InChI is InChI=1S/C13H21N3O4S/c1-9(2)15-21(19,20)11-6-5-7-14-12(11)16(4)8-10(3)13(17)18/h5-7,9-10,15H,8H2,1-4H3,(H,17,18). The lowest BCUT2D eigenvalue weighted by molar-refractivity contribution is -0.140. The molecule has 1 heterocycles. The van der Waals surface area contributed by atoms with E-state index in [0.717, 1.165) is 0 Å². The van der Waals surface area contributed by atoms with Crippen LogP contribution in [-0.2, 0) is 14.8 Å². The number of anilines is 1. The summed E-state index contributed by atoms with van der Waals surface area (Å²) in [6, 6.07) is 2.74. The molecule has 0 saturated heterocycles. The van der Waals surface area contributed by atoms with Gasteiger partial charge in [-0.2, -0.15) is 0 Å². The molecule has 8 heteroatoms. The Bertz CT molecular complexity index is 601. The van der Waals surface area contributed by atoms with Crippen LogP contribution < -0.4 is 9.62 Å². The van der Waals surface area contributed by atoms with E-state index in [1.54, 1.807) is 27.8 Å². The van der Waals surface area contributed by atoms with Crippen LogP contribution >= 0.6 is 0 Å². The van der Waals surface area contributed by atoms with E-state index in [0.29, 0.717) is 0 Å². The number of carbonyl (C=O) groups is 1. The zero-order valence-corrected chi connectivity index (χ0v) is 13.4. The summed E-state index contributed by atoms with van der Waals surface area (Å²) in [6.07, 6.45) is 1.48. The first-order valence-corrected chi connectivity index (χ1v) is 8.04. The largest absolute Gasteiger partial charge is 0.481 e. The Labute approximate surface area is 125 Å². The summed E-state index contributed by atoms with van der Waals surface area (Å²) in [5, 5.41) is 8.95. The molecule has 0 aliphatic heterocycles. The van der Waals surface area contributed by atoms with Crippen LogP contribution in [0.1, 0.15) is 20.8 Å². The Morgan fingerprint density at radius 1 is 1.43 bits per heavy atom. The van der Waals surface area contributed by atoms with Gasteiger partial charge in [0.2, 0.25) is 10.0 Å². The van der Waals surface area contributed by atoms with E-state index >= 15 is 0 Å². The molecule has 21 heavy (non-hydrogen) atoms. The second-order valence-electron chi connectivity index (χ2n) is 5.22. The Kier molecular flexibility index (Phi) is 5.68. The van der Waals surface area contributed by atoms with Gasteiger partial charge in [0, 0.05) is 25.8 Å². The zero-order valence-electron chi connectivity index (χ0n) is 12.6. The van der Waals surface area contributed by atoms with Gasteiger partial charge in [-0.25, -0.2) is 18.1 Å². The molecule has 0 amide bonds. The minimum Gasteiger partial charge on any atom is -0.481 e. The van der Waals surface area contributed by atoms with E-state index in [4.69, 9.17) is 5.11 Å². The number of pyridine rings is 1. The molecule has 1 unspecified atom stereocenters. The molecule has 2 N–H and O–H groups in total. The van der Waals surface area contributed by atoms with Crippen LogP contribution in [0.25, 0.3) is 0 Å². The number of aliphatic carboxylic acids is 1. The van der Waals surface area contributed by atoms with Gasteiger partial charge in [0.1, 0.15) is 10.7 Å². The summed E-state index contributed by atoms with van der Waals surface area (Å²) in [4.78, 5) is 16.6. The lowest BCUT2D eigenvalue weighted by Gasteiger charge is -2.23. The van der Waals surface area contributed by atoms with E-state index in [-0.39, 0.29) is 23.3 Å². The normalized spacial score (nSPS) is 13.2. The van der Waals surface area contributed by atoms with Gasteiger partial charge in [0.15, 0.2) is 0 Å². The Morgan fingerprint density at radius 3 is 2.57 bits per heavy atom. The third-order valence-electron chi connectivity index (χ3n) is 2.76. The maximum absolute atomic E-state index is 12.3. The fourth-order valence-corrected chi connectivity index (χ4v) is 3.28. The van der Waals surface area contributed by atoms with Gasteiger partial charge in [-0.15, -0.1) is 0 Å². The van der Waals surface area contributed by atoms with Crippen molar-refractivity contribution in [3.63, 3.8) is 0 Å². The fourth-order valence-electron chi connectivity index (χ4n) is 1.83. The van der Waals surface area contributed by atoms with Crippen molar-refractivity contribution in [2.75, 3.05) is 18.5 Å². The lowest BCUT2D eigenvalue weighted by Crippen LogP contribution is -2.34. The van der Waals surface area contributed by atoms with Crippen LogP contribution in [0.4, 0.5) is 5.82 Å². The third kappa shape index (κ3) is 4.68. The average molecular weight is 315 g/mol. The number of hydrogen-bond donors (Lipinski definition) is 2. The van der Waals surface area contributed by atoms with Crippen molar-refractivity contribution in [2.45, 2.75) is 31.7 Å². The third-order valence-corrected chi connectivity index (χ3v) is 4.44. The van der Waals surface area contributed by atoms with Crippen LogP contribution in [0.2, 0.25) is 0 Å².